The smallest absolute Gasteiger partial charge is 0.399 e. The lowest BCUT2D eigenvalue weighted by Gasteiger charge is -2.13. The molecule has 0 heterocycles. The number of benzene rings is 1. The van der Waals surface area contributed by atoms with Crippen LogP contribution in [-0.4, -0.2) is 5.75 Å². The number of alkyl halides is 3. The second-order valence-corrected chi connectivity index (χ2v) is 5.75. The Balaban J connectivity index is 2.70. The van der Waals surface area contributed by atoms with Crippen molar-refractivity contribution in [1.82, 2.24) is 0 Å². The van der Waals surface area contributed by atoms with Gasteiger partial charge in [0.25, 0.3) is 0 Å². The van der Waals surface area contributed by atoms with Crippen LogP contribution >= 0.6 is 11.8 Å². The van der Waals surface area contributed by atoms with Crippen molar-refractivity contribution in [3.05, 3.63) is 29.3 Å². The Morgan fingerprint density at radius 3 is 2.50 bits per heavy atom. The molecule has 0 saturated heterocycles. The maximum absolute atomic E-state index is 12.8. The van der Waals surface area contributed by atoms with E-state index in [0.29, 0.717) is 17.2 Å². The average Bonchev–Trinajstić information content (AvgIpc) is 2.24. The van der Waals surface area contributed by atoms with Gasteiger partial charge in [0.2, 0.25) is 0 Å². The van der Waals surface area contributed by atoms with Crippen LogP contribution in [0.2, 0.25) is 0 Å². The number of anilines is 1. The third-order valence-corrected chi connectivity index (χ3v) is 3.58. The summed E-state index contributed by atoms with van der Waals surface area (Å²) in [4.78, 5) is 0. The molecule has 0 aliphatic rings. The zero-order valence-corrected chi connectivity index (χ0v) is 11.4. The number of rotatable bonds is 5. The molecule has 1 nitrogen and oxygen atoms in total. The van der Waals surface area contributed by atoms with Crippen LogP contribution < -0.4 is 5.73 Å². The van der Waals surface area contributed by atoms with Crippen LogP contribution in [0.3, 0.4) is 0 Å². The molecular weight excluding hydrogens is 259 g/mol. The van der Waals surface area contributed by atoms with Crippen LogP contribution in [0, 0.1) is 5.92 Å². The molecule has 0 saturated carbocycles. The lowest BCUT2D eigenvalue weighted by molar-refractivity contribution is -0.138. The zero-order chi connectivity index (χ0) is 13.8. The summed E-state index contributed by atoms with van der Waals surface area (Å²) in [5.41, 5.74) is 5.26. The van der Waals surface area contributed by atoms with E-state index >= 15 is 0 Å². The first-order valence-corrected chi connectivity index (χ1v) is 6.99. The molecule has 0 radical (unpaired) electrons. The Morgan fingerprint density at radius 2 is 1.94 bits per heavy atom. The Bertz CT molecular complexity index is 388. The van der Waals surface area contributed by atoms with Crippen LogP contribution in [0.25, 0.3) is 0 Å². The molecule has 0 aliphatic heterocycles. The van der Waals surface area contributed by atoms with Crippen molar-refractivity contribution in [2.24, 2.45) is 5.92 Å². The number of nitrogens with two attached hydrogens (primary N) is 1. The highest BCUT2D eigenvalue weighted by atomic mass is 32.2. The van der Waals surface area contributed by atoms with Gasteiger partial charge in [0.1, 0.15) is 0 Å². The molecule has 0 unspecified atom stereocenters. The van der Waals surface area contributed by atoms with Gasteiger partial charge in [-0.2, -0.15) is 24.9 Å². The van der Waals surface area contributed by atoms with Crippen molar-refractivity contribution in [3.63, 3.8) is 0 Å². The molecule has 2 N–H and O–H groups in total. The van der Waals surface area contributed by atoms with Crippen LogP contribution in [0.1, 0.15) is 31.4 Å². The van der Waals surface area contributed by atoms with Gasteiger partial charge in [-0.25, -0.2) is 0 Å². The van der Waals surface area contributed by atoms with Crippen LogP contribution in [0.5, 0.6) is 0 Å². The highest BCUT2D eigenvalue weighted by Gasteiger charge is 2.33. The van der Waals surface area contributed by atoms with Gasteiger partial charge in [-0.3, -0.25) is 0 Å². The van der Waals surface area contributed by atoms with E-state index in [0.717, 1.165) is 18.2 Å². The molecule has 1 aromatic carbocycles. The van der Waals surface area contributed by atoms with Crippen molar-refractivity contribution in [2.75, 3.05) is 11.5 Å². The molecule has 0 spiro atoms. The van der Waals surface area contributed by atoms with Gasteiger partial charge >= 0.3 is 6.18 Å². The summed E-state index contributed by atoms with van der Waals surface area (Å²) in [7, 11) is 0. The third kappa shape index (κ3) is 4.80. The lowest BCUT2D eigenvalue weighted by Crippen LogP contribution is -2.09. The summed E-state index contributed by atoms with van der Waals surface area (Å²) < 4.78 is 38.4. The largest absolute Gasteiger partial charge is 0.416 e. The van der Waals surface area contributed by atoms with E-state index in [-0.39, 0.29) is 5.69 Å². The first-order chi connectivity index (χ1) is 8.30. The van der Waals surface area contributed by atoms with Gasteiger partial charge < -0.3 is 5.73 Å². The molecule has 5 heteroatoms. The fraction of sp³-hybridized carbons (Fsp3) is 0.538. The first-order valence-electron chi connectivity index (χ1n) is 5.84. The Kier molecular flexibility index (Phi) is 5.38. The van der Waals surface area contributed by atoms with Crippen molar-refractivity contribution < 1.29 is 13.2 Å². The predicted molar refractivity (Wildman–Crippen MR) is 71.5 cm³/mol. The molecule has 0 atom stereocenters. The minimum atomic E-state index is -4.33. The quantitative estimate of drug-likeness (QED) is 0.630. The lowest BCUT2D eigenvalue weighted by atomic mass is 10.1. The molecule has 102 valence electrons. The number of thioether (sulfide) groups is 1. The van der Waals surface area contributed by atoms with Gasteiger partial charge in [-0.15, -0.1) is 0 Å². The van der Waals surface area contributed by atoms with E-state index in [1.807, 2.05) is 0 Å². The normalized spacial score (nSPS) is 12.1. The number of halogens is 3. The van der Waals surface area contributed by atoms with Crippen molar-refractivity contribution in [2.45, 2.75) is 32.2 Å². The van der Waals surface area contributed by atoms with Crippen LogP contribution in [0.15, 0.2) is 18.2 Å². The Morgan fingerprint density at radius 1 is 1.28 bits per heavy atom. The average molecular weight is 277 g/mol. The second kappa shape index (κ2) is 6.36. The van der Waals surface area contributed by atoms with E-state index in [1.54, 1.807) is 0 Å². The first kappa shape index (κ1) is 15.2. The van der Waals surface area contributed by atoms with E-state index in [1.165, 1.54) is 23.9 Å². The SMILES string of the molecule is CC(C)CCSCc1ccc(N)cc1C(F)(F)F. The third-order valence-electron chi connectivity index (χ3n) is 2.54. The molecule has 0 aromatic heterocycles. The fourth-order valence-corrected chi connectivity index (χ4v) is 2.74. The summed E-state index contributed by atoms with van der Waals surface area (Å²) >= 11 is 1.53. The van der Waals surface area contributed by atoms with Gasteiger partial charge in [0.05, 0.1) is 5.56 Å². The summed E-state index contributed by atoms with van der Waals surface area (Å²) in [6.45, 7) is 4.20. The topological polar surface area (TPSA) is 26.0 Å². The summed E-state index contributed by atoms with van der Waals surface area (Å²) in [6.07, 6.45) is -3.32. The van der Waals surface area contributed by atoms with Gasteiger partial charge in [0, 0.05) is 11.4 Å². The van der Waals surface area contributed by atoms with E-state index in [2.05, 4.69) is 13.8 Å². The second-order valence-electron chi connectivity index (χ2n) is 4.65. The van der Waals surface area contributed by atoms with Gasteiger partial charge in [-0.05, 0) is 35.8 Å². The van der Waals surface area contributed by atoms with Crippen LogP contribution in [0.4, 0.5) is 18.9 Å². The van der Waals surface area contributed by atoms with E-state index in [9.17, 15) is 13.2 Å². The maximum atomic E-state index is 12.8. The molecule has 0 fully saturated rings. The summed E-state index contributed by atoms with van der Waals surface area (Å²) in [5.74, 6) is 1.83. The van der Waals surface area contributed by atoms with Crippen molar-refractivity contribution >= 4 is 17.4 Å². The highest BCUT2D eigenvalue weighted by molar-refractivity contribution is 7.98. The molecule has 1 aromatic rings. The molecule has 18 heavy (non-hydrogen) atoms. The molecule has 0 amide bonds. The summed E-state index contributed by atoms with van der Waals surface area (Å²) in [6, 6.07) is 4.01. The maximum Gasteiger partial charge on any atom is 0.416 e. The summed E-state index contributed by atoms with van der Waals surface area (Å²) in [5, 5.41) is 0. The van der Waals surface area contributed by atoms with E-state index in [4.69, 9.17) is 5.73 Å². The predicted octanol–water partition coefficient (Wildman–Crippen LogP) is 4.57. The van der Waals surface area contributed by atoms with E-state index < -0.39 is 11.7 Å². The standard InChI is InChI=1S/C13H18F3NS/c1-9(2)5-6-18-8-10-3-4-11(17)7-12(10)13(14,15)16/h3-4,7,9H,5-6,8,17H2,1-2H3. The highest BCUT2D eigenvalue weighted by Crippen LogP contribution is 2.34. The Labute approximate surface area is 110 Å². The molecule has 1 rings (SSSR count). The molecule has 0 bridgehead atoms. The Hall–Kier alpha value is -0.840. The minimum absolute atomic E-state index is 0.151. The number of nitrogen functional groups attached to an aromatic ring is 1. The van der Waals surface area contributed by atoms with Crippen molar-refractivity contribution in [3.8, 4) is 0 Å². The van der Waals surface area contributed by atoms with Crippen molar-refractivity contribution in [1.29, 1.82) is 0 Å². The number of hydrogen-bond acceptors (Lipinski definition) is 2. The van der Waals surface area contributed by atoms with Crippen LogP contribution in [-0.2, 0) is 11.9 Å². The fourth-order valence-electron chi connectivity index (χ4n) is 1.48. The molecular formula is C13H18F3NS. The van der Waals surface area contributed by atoms with Gasteiger partial charge in [-0.1, -0.05) is 19.9 Å². The monoisotopic (exact) mass is 277 g/mol. The molecule has 0 aliphatic carbocycles. The minimum Gasteiger partial charge on any atom is -0.399 e. The number of hydrogen-bond donors (Lipinski definition) is 1. The van der Waals surface area contributed by atoms with Gasteiger partial charge in [0.15, 0.2) is 0 Å². The zero-order valence-electron chi connectivity index (χ0n) is 10.6.